The maximum Gasteiger partial charge on any atom is 0.287 e. The van der Waals surface area contributed by atoms with Gasteiger partial charge in [0.05, 0.1) is 33.6 Å². The predicted octanol–water partition coefficient (Wildman–Crippen LogP) is 4.51. The average molecular weight is 405 g/mol. The van der Waals surface area contributed by atoms with Gasteiger partial charge in [0, 0.05) is 16.7 Å². The lowest BCUT2D eigenvalue weighted by molar-refractivity contribution is -0.385. The second-order valence-corrected chi connectivity index (χ2v) is 6.52. The van der Waals surface area contributed by atoms with Gasteiger partial charge in [0.2, 0.25) is 0 Å². The van der Waals surface area contributed by atoms with Gasteiger partial charge in [-0.3, -0.25) is 10.1 Å². The molecule has 0 aliphatic carbocycles. The largest absolute Gasteiger partial charge is 0.396 e. The van der Waals surface area contributed by atoms with Crippen LogP contribution in [0.25, 0.3) is 11.3 Å². The molecule has 2 heterocycles. The normalized spacial score (nSPS) is 11.8. The Balaban J connectivity index is 1.87. The molecule has 3 N–H and O–H groups in total. The molecule has 3 aromatic rings. The number of anilines is 2. The van der Waals surface area contributed by atoms with Gasteiger partial charge in [0.1, 0.15) is 12.0 Å². The molecular formula is C17H14Cl2N6O2. The second kappa shape index (κ2) is 7.73. The Morgan fingerprint density at radius 1 is 1.19 bits per heavy atom. The van der Waals surface area contributed by atoms with Gasteiger partial charge in [-0.1, -0.05) is 23.2 Å². The number of halogens is 2. The van der Waals surface area contributed by atoms with Gasteiger partial charge >= 0.3 is 0 Å². The van der Waals surface area contributed by atoms with Crippen LogP contribution in [0.4, 0.5) is 17.2 Å². The Kier molecular flexibility index (Phi) is 5.38. The molecule has 0 bridgehead atoms. The van der Waals surface area contributed by atoms with E-state index in [1.54, 1.807) is 18.2 Å². The summed E-state index contributed by atoms with van der Waals surface area (Å²) in [4.78, 5) is 23.0. The Bertz CT molecular complexity index is 997. The number of pyridine rings is 1. The number of nitrogens with two attached hydrogens (primary N) is 1. The highest BCUT2D eigenvalue weighted by atomic mass is 35.5. The van der Waals surface area contributed by atoms with Crippen molar-refractivity contribution in [2.24, 2.45) is 0 Å². The summed E-state index contributed by atoms with van der Waals surface area (Å²) in [6, 6.07) is 7.61. The lowest BCUT2D eigenvalue weighted by atomic mass is 10.1. The van der Waals surface area contributed by atoms with Crippen LogP contribution in [-0.2, 0) is 0 Å². The zero-order chi connectivity index (χ0) is 19.6. The Hall–Kier alpha value is -2.97. The molecule has 0 radical (unpaired) electrons. The van der Waals surface area contributed by atoms with Gasteiger partial charge in [-0.05, 0) is 31.2 Å². The molecule has 0 saturated carbocycles. The molecular weight excluding hydrogens is 391 g/mol. The van der Waals surface area contributed by atoms with Gasteiger partial charge in [-0.15, -0.1) is 0 Å². The summed E-state index contributed by atoms with van der Waals surface area (Å²) in [5.41, 5.74) is 7.44. The summed E-state index contributed by atoms with van der Waals surface area (Å²) in [5, 5.41) is 14.7. The molecule has 0 saturated heterocycles. The summed E-state index contributed by atoms with van der Waals surface area (Å²) >= 11 is 12.2. The fourth-order valence-corrected chi connectivity index (χ4v) is 2.87. The molecule has 8 nitrogen and oxygen atoms in total. The van der Waals surface area contributed by atoms with Crippen LogP contribution in [0, 0.1) is 10.1 Å². The summed E-state index contributed by atoms with van der Waals surface area (Å²) in [5.74, 6) is 0.921. The summed E-state index contributed by atoms with van der Waals surface area (Å²) < 4.78 is 0. The van der Waals surface area contributed by atoms with E-state index in [2.05, 4.69) is 20.3 Å². The van der Waals surface area contributed by atoms with Crippen molar-refractivity contribution in [1.82, 2.24) is 15.0 Å². The molecule has 2 aromatic heterocycles. The molecule has 0 aliphatic rings. The minimum Gasteiger partial charge on any atom is -0.396 e. The number of benzene rings is 1. The molecule has 0 spiro atoms. The highest BCUT2D eigenvalue weighted by Gasteiger charge is 2.16. The third-order valence-electron chi connectivity index (χ3n) is 3.73. The lowest BCUT2D eigenvalue weighted by Gasteiger charge is -2.15. The minimum absolute atomic E-state index is 0.0865. The fraction of sp³-hybridized carbons (Fsp3) is 0.118. The van der Waals surface area contributed by atoms with Crippen LogP contribution in [0.2, 0.25) is 10.0 Å². The van der Waals surface area contributed by atoms with Crippen molar-refractivity contribution in [1.29, 1.82) is 0 Å². The van der Waals surface area contributed by atoms with Crippen LogP contribution in [0.1, 0.15) is 18.8 Å². The molecule has 1 unspecified atom stereocenters. The summed E-state index contributed by atoms with van der Waals surface area (Å²) in [7, 11) is 0. The summed E-state index contributed by atoms with van der Waals surface area (Å²) in [6.07, 6.45) is 2.68. The molecule has 0 fully saturated rings. The van der Waals surface area contributed by atoms with E-state index >= 15 is 0 Å². The zero-order valence-electron chi connectivity index (χ0n) is 14.1. The van der Waals surface area contributed by atoms with E-state index in [4.69, 9.17) is 28.9 Å². The van der Waals surface area contributed by atoms with Gasteiger partial charge in [-0.2, -0.15) is 0 Å². The van der Waals surface area contributed by atoms with Crippen molar-refractivity contribution in [3.63, 3.8) is 0 Å². The smallest absolute Gasteiger partial charge is 0.287 e. The van der Waals surface area contributed by atoms with Crippen LogP contribution in [0.5, 0.6) is 0 Å². The van der Waals surface area contributed by atoms with E-state index in [-0.39, 0.29) is 11.7 Å². The predicted molar refractivity (Wildman–Crippen MR) is 105 cm³/mol. The highest BCUT2D eigenvalue weighted by molar-refractivity contribution is 6.36. The first kappa shape index (κ1) is 18.8. The van der Waals surface area contributed by atoms with Crippen molar-refractivity contribution >= 4 is 40.4 Å². The number of hydrogen-bond donors (Lipinski definition) is 2. The number of hydrogen-bond acceptors (Lipinski definition) is 7. The third-order valence-corrected chi connectivity index (χ3v) is 4.28. The second-order valence-electron chi connectivity index (χ2n) is 5.68. The Morgan fingerprint density at radius 2 is 1.96 bits per heavy atom. The van der Waals surface area contributed by atoms with Gasteiger partial charge in [-0.25, -0.2) is 15.0 Å². The zero-order valence-corrected chi connectivity index (χ0v) is 15.6. The first-order valence-electron chi connectivity index (χ1n) is 7.80. The van der Waals surface area contributed by atoms with Crippen LogP contribution < -0.4 is 11.1 Å². The molecule has 0 aliphatic heterocycles. The van der Waals surface area contributed by atoms with Gasteiger partial charge < -0.3 is 11.1 Å². The van der Waals surface area contributed by atoms with Crippen molar-refractivity contribution in [3.05, 3.63) is 68.7 Å². The molecule has 10 heteroatoms. The molecule has 0 amide bonds. The van der Waals surface area contributed by atoms with E-state index in [0.29, 0.717) is 38.6 Å². The maximum absolute atomic E-state index is 10.7. The highest BCUT2D eigenvalue weighted by Crippen LogP contribution is 2.32. The van der Waals surface area contributed by atoms with Crippen LogP contribution in [0.3, 0.4) is 0 Å². The fourth-order valence-electron chi connectivity index (χ4n) is 2.38. The van der Waals surface area contributed by atoms with Gasteiger partial charge in [0.25, 0.3) is 5.69 Å². The van der Waals surface area contributed by atoms with E-state index in [1.807, 2.05) is 6.92 Å². The lowest BCUT2D eigenvalue weighted by Crippen LogP contribution is -2.13. The Labute approximate surface area is 164 Å². The van der Waals surface area contributed by atoms with Crippen molar-refractivity contribution in [3.8, 4) is 11.3 Å². The minimum atomic E-state index is -0.509. The molecule has 3 rings (SSSR count). The maximum atomic E-state index is 10.7. The number of nitrogens with one attached hydrogen (secondary N) is 1. The number of rotatable bonds is 5. The molecule has 27 heavy (non-hydrogen) atoms. The van der Waals surface area contributed by atoms with Crippen molar-refractivity contribution in [2.45, 2.75) is 13.0 Å². The molecule has 1 aromatic carbocycles. The number of nitrogens with zero attached hydrogens (tertiary/aromatic N) is 4. The quantitative estimate of drug-likeness (QED) is 0.473. The number of nitrogen functional groups attached to an aromatic ring is 1. The monoisotopic (exact) mass is 404 g/mol. The SMILES string of the molecule is CC(Nc1ccc([N+](=O)[O-])cn1)c1ncc(N)c(-c2ccc(Cl)cc2Cl)n1. The topological polar surface area (TPSA) is 120 Å². The summed E-state index contributed by atoms with van der Waals surface area (Å²) in [6.45, 7) is 1.84. The van der Waals surface area contributed by atoms with E-state index in [1.165, 1.54) is 24.5 Å². The Morgan fingerprint density at radius 3 is 2.59 bits per heavy atom. The van der Waals surface area contributed by atoms with Crippen molar-refractivity contribution < 1.29 is 4.92 Å². The van der Waals surface area contributed by atoms with E-state index < -0.39 is 4.92 Å². The first-order chi connectivity index (χ1) is 12.8. The van der Waals surface area contributed by atoms with Crippen LogP contribution >= 0.6 is 23.2 Å². The van der Waals surface area contributed by atoms with Crippen LogP contribution in [0.15, 0.2) is 42.7 Å². The van der Waals surface area contributed by atoms with E-state index in [9.17, 15) is 10.1 Å². The number of aromatic nitrogens is 3. The third kappa shape index (κ3) is 4.24. The van der Waals surface area contributed by atoms with Crippen LogP contribution in [-0.4, -0.2) is 19.9 Å². The van der Waals surface area contributed by atoms with Gasteiger partial charge in [0.15, 0.2) is 5.82 Å². The molecule has 1 atom stereocenters. The standard InChI is InChI=1S/C17H14Cl2N6O2/c1-9(23-15-5-3-11(7-21-15)25(26)27)17-22-8-14(20)16(24-17)12-4-2-10(18)6-13(12)19/h2-9H,20H2,1H3,(H,21,23). The van der Waals surface area contributed by atoms with E-state index in [0.717, 1.165) is 0 Å². The average Bonchev–Trinajstić information content (AvgIpc) is 2.63. The first-order valence-corrected chi connectivity index (χ1v) is 8.55. The molecule has 138 valence electrons. The van der Waals surface area contributed by atoms with Crippen molar-refractivity contribution in [2.75, 3.05) is 11.1 Å². The number of nitro groups is 1.